The standard InChI is InChI=1S/C20H13N3OS2/c24-19-18-15(16-6-3-9-25-16)12-26-20(18)22-17(21-19)11-23-8-7-13-4-1-2-5-14(13)10-23/h1-10,12H,11H2/p+1. The van der Waals surface area contributed by atoms with Gasteiger partial charge in [0.2, 0.25) is 6.54 Å². The molecule has 0 bridgehead atoms. The van der Waals surface area contributed by atoms with E-state index in [1.165, 1.54) is 16.7 Å². The quantitative estimate of drug-likeness (QED) is 0.480. The van der Waals surface area contributed by atoms with Crippen LogP contribution in [-0.4, -0.2) is 9.97 Å². The monoisotopic (exact) mass is 376 g/mol. The second-order valence-corrected chi connectivity index (χ2v) is 7.87. The molecule has 0 atom stereocenters. The van der Waals surface area contributed by atoms with Crippen LogP contribution in [0.15, 0.2) is 70.4 Å². The van der Waals surface area contributed by atoms with Crippen LogP contribution in [0.5, 0.6) is 0 Å². The van der Waals surface area contributed by atoms with Gasteiger partial charge in [0.25, 0.3) is 5.56 Å². The number of rotatable bonds is 3. The summed E-state index contributed by atoms with van der Waals surface area (Å²) in [6, 6.07) is 14.3. The highest BCUT2D eigenvalue weighted by Gasteiger charge is 2.15. The third kappa shape index (κ3) is 2.64. The van der Waals surface area contributed by atoms with Crippen LogP contribution in [0.2, 0.25) is 0 Å². The lowest BCUT2D eigenvalue weighted by Crippen LogP contribution is -2.35. The Labute approximate surface area is 157 Å². The largest absolute Gasteiger partial charge is 0.305 e. The van der Waals surface area contributed by atoms with Crippen LogP contribution in [0.4, 0.5) is 0 Å². The molecule has 0 spiro atoms. The summed E-state index contributed by atoms with van der Waals surface area (Å²) in [6.45, 7) is 0.530. The molecular formula is C20H14N3OS2+. The molecular weight excluding hydrogens is 362 g/mol. The first-order valence-corrected chi connectivity index (χ1v) is 9.96. The predicted molar refractivity (Wildman–Crippen MR) is 107 cm³/mol. The van der Waals surface area contributed by atoms with Crippen LogP contribution in [0, 0.1) is 0 Å². The number of nitrogens with one attached hydrogen (secondary N) is 1. The van der Waals surface area contributed by atoms with Crippen molar-refractivity contribution in [1.82, 2.24) is 9.97 Å². The van der Waals surface area contributed by atoms with Crippen molar-refractivity contribution in [2.24, 2.45) is 0 Å². The second-order valence-electron chi connectivity index (χ2n) is 6.07. The van der Waals surface area contributed by atoms with Crippen molar-refractivity contribution in [3.8, 4) is 10.4 Å². The normalized spacial score (nSPS) is 11.4. The van der Waals surface area contributed by atoms with Crippen LogP contribution >= 0.6 is 22.7 Å². The first-order valence-electron chi connectivity index (χ1n) is 8.20. The molecule has 0 amide bonds. The van der Waals surface area contributed by atoms with Gasteiger partial charge in [-0.25, -0.2) is 4.98 Å². The maximum absolute atomic E-state index is 12.7. The van der Waals surface area contributed by atoms with Gasteiger partial charge in [0.15, 0.2) is 18.2 Å². The molecule has 1 N–H and O–H groups in total. The van der Waals surface area contributed by atoms with Gasteiger partial charge >= 0.3 is 0 Å². The molecule has 0 radical (unpaired) electrons. The predicted octanol–water partition coefficient (Wildman–Crippen LogP) is 4.20. The fourth-order valence-electron chi connectivity index (χ4n) is 3.13. The molecule has 6 heteroatoms. The van der Waals surface area contributed by atoms with Gasteiger partial charge in [0.05, 0.1) is 5.39 Å². The lowest BCUT2D eigenvalue weighted by Gasteiger charge is -2.01. The fraction of sp³-hybridized carbons (Fsp3) is 0.0500. The lowest BCUT2D eigenvalue weighted by molar-refractivity contribution is -0.688. The average Bonchev–Trinajstić information content (AvgIpc) is 3.31. The summed E-state index contributed by atoms with van der Waals surface area (Å²) in [5.74, 6) is 0.669. The molecule has 1 aromatic carbocycles. The van der Waals surface area contributed by atoms with Crippen LogP contribution in [0.1, 0.15) is 5.82 Å². The number of benzene rings is 1. The summed E-state index contributed by atoms with van der Waals surface area (Å²) in [7, 11) is 0. The highest BCUT2D eigenvalue weighted by Crippen LogP contribution is 2.33. The Hall–Kier alpha value is -2.83. The zero-order chi connectivity index (χ0) is 17.5. The van der Waals surface area contributed by atoms with E-state index < -0.39 is 0 Å². The van der Waals surface area contributed by atoms with Gasteiger partial charge in [0, 0.05) is 27.3 Å². The molecule has 5 aromatic rings. The van der Waals surface area contributed by atoms with Crippen molar-refractivity contribution in [3.63, 3.8) is 0 Å². The summed E-state index contributed by atoms with van der Waals surface area (Å²) in [4.78, 5) is 22.2. The molecule has 4 heterocycles. The van der Waals surface area contributed by atoms with E-state index >= 15 is 0 Å². The zero-order valence-electron chi connectivity index (χ0n) is 13.7. The molecule has 0 saturated heterocycles. The minimum absolute atomic E-state index is 0.0731. The van der Waals surface area contributed by atoms with Gasteiger partial charge in [-0.2, -0.15) is 4.57 Å². The summed E-state index contributed by atoms with van der Waals surface area (Å²) in [6.07, 6.45) is 4.09. The van der Waals surface area contributed by atoms with Gasteiger partial charge < -0.3 is 4.98 Å². The molecule has 4 nitrogen and oxygen atoms in total. The smallest absolute Gasteiger partial charge is 0.260 e. The van der Waals surface area contributed by atoms with Gasteiger partial charge in [-0.15, -0.1) is 22.7 Å². The molecule has 5 rings (SSSR count). The molecule has 0 saturated carbocycles. The third-order valence-electron chi connectivity index (χ3n) is 4.36. The SMILES string of the molecule is O=c1[nH]c(C[n+]2ccc3ccccc3c2)nc2scc(-c3cccs3)c12. The molecule has 0 fully saturated rings. The van der Waals surface area contributed by atoms with E-state index in [9.17, 15) is 4.79 Å². The van der Waals surface area contributed by atoms with Crippen molar-refractivity contribution in [1.29, 1.82) is 0 Å². The lowest BCUT2D eigenvalue weighted by atomic mass is 10.2. The Morgan fingerprint density at radius 3 is 2.77 bits per heavy atom. The Morgan fingerprint density at radius 2 is 1.92 bits per heavy atom. The molecule has 0 aliphatic rings. The fourth-order valence-corrected chi connectivity index (χ4v) is 4.91. The number of nitrogens with zero attached hydrogens (tertiary/aromatic N) is 2. The summed E-state index contributed by atoms with van der Waals surface area (Å²) < 4.78 is 2.04. The number of hydrogen-bond acceptors (Lipinski definition) is 4. The van der Waals surface area contributed by atoms with E-state index in [-0.39, 0.29) is 5.56 Å². The molecule has 0 aliphatic carbocycles. The summed E-state index contributed by atoms with van der Waals surface area (Å²) >= 11 is 3.15. The van der Waals surface area contributed by atoms with Gasteiger partial charge in [-0.3, -0.25) is 4.79 Å². The number of thiophene rings is 2. The van der Waals surface area contributed by atoms with Crippen LogP contribution in [0.25, 0.3) is 31.4 Å². The highest BCUT2D eigenvalue weighted by molar-refractivity contribution is 7.18. The van der Waals surface area contributed by atoms with Gasteiger partial charge in [0.1, 0.15) is 4.83 Å². The van der Waals surface area contributed by atoms with Crippen molar-refractivity contribution < 1.29 is 4.57 Å². The maximum Gasteiger partial charge on any atom is 0.260 e. The summed E-state index contributed by atoms with van der Waals surface area (Å²) in [5.41, 5.74) is 0.898. The molecule has 0 aliphatic heterocycles. The van der Waals surface area contributed by atoms with Crippen LogP contribution in [-0.2, 0) is 6.54 Å². The van der Waals surface area contributed by atoms with E-state index in [2.05, 4.69) is 34.4 Å². The molecule has 26 heavy (non-hydrogen) atoms. The zero-order valence-corrected chi connectivity index (χ0v) is 15.3. The van der Waals surface area contributed by atoms with E-state index in [1.807, 2.05) is 45.8 Å². The number of H-pyrrole nitrogens is 1. The minimum Gasteiger partial charge on any atom is -0.305 e. The number of pyridine rings is 1. The Morgan fingerprint density at radius 1 is 1.04 bits per heavy atom. The number of hydrogen-bond donors (Lipinski definition) is 1. The van der Waals surface area contributed by atoms with Crippen molar-refractivity contribution in [2.75, 3.05) is 0 Å². The number of aromatic amines is 1. The van der Waals surface area contributed by atoms with Crippen molar-refractivity contribution in [2.45, 2.75) is 6.54 Å². The molecule has 0 unspecified atom stereocenters. The topological polar surface area (TPSA) is 49.6 Å². The number of fused-ring (bicyclic) bond motifs is 2. The molecule has 126 valence electrons. The van der Waals surface area contributed by atoms with Gasteiger partial charge in [-0.1, -0.05) is 24.3 Å². The van der Waals surface area contributed by atoms with Gasteiger partial charge in [-0.05, 0) is 22.9 Å². The third-order valence-corrected chi connectivity index (χ3v) is 6.13. The van der Waals surface area contributed by atoms with E-state index in [4.69, 9.17) is 0 Å². The van der Waals surface area contributed by atoms with E-state index in [0.29, 0.717) is 17.8 Å². The molecule has 4 aromatic heterocycles. The van der Waals surface area contributed by atoms with Crippen LogP contribution < -0.4 is 10.1 Å². The maximum atomic E-state index is 12.7. The second kappa shape index (κ2) is 6.16. The average molecular weight is 376 g/mol. The minimum atomic E-state index is -0.0731. The first-order chi connectivity index (χ1) is 12.8. The van der Waals surface area contributed by atoms with Crippen molar-refractivity contribution in [3.05, 3.63) is 81.8 Å². The first kappa shape index (κ1) is 15.4. The van der Waals surface area contributed by atoms with Crippen molar-refractivity contribution >= 4 is 43.7 Å². The highest BCUT2D eigenvalue weighted by atomic mass is 32.1. The summed E-state index contributed by atoms with van der Waals surface area (Å²) in [5, 5.41) is 7.08. The van der Waals surface area contributed by atoms with E-state index in [1.54, 1.807) is 11.3 Å². The Kier molecular flexibility index (Phi) is 3.65. The number of aromatic nitrogens is 3. The Balaban J connectivity index is 1.56. The Bertz CT molecular complexity index is 1290. The van der Waals surface area contributed by atoms with E-state index in [0.717, 1.165) is 20.7 Å². The van der Waals surface area contributed by atoms with Crippen LogP contribution in [0.3, 0.4) is 0 Å².